The first kappa shape index (κ1) is 12.7. The number of aliphatic imine (C=N–C) groups is 1. The molecule has 1 heterocycles. The zero-order valence-electron chi connectivity index (χ0n) is 11.1. The first-order valence-electron chi connectivity index (χ1n) is 6.40. The largest absolute Gasteiger partial charge is 0.508 e. The summed E-state index contributed by atoms with van der Waals surface area (Å²) in [4.78, 5) is 6.52. The lowest BCUT2D eigenvalue weighted by molar-refractivity contribution is 0.216. The number of guanidine groups is 1. The third kappa shape index (κ3) is 2.42. The van der Waals surface area contributed by atoms with Crippen molar-refractivity contribution in [3.05, 3.63) is 29.8 Å². The number of likely N-dealkylation sites (N-methyl/N-ethyl adjacent to an activating group) is 1. The smallest absolute Gasteiger partial charge is 0.191 e. The summed E-state index contributed by atoms with van der Waals surface area (Å²) in [7, 11) is 0. The molecule has 0 saturated heterocycles. The van der Waals surface area contributed by atoms with Gasteiger partial charge in [0.15, 0.2) is 5.96 Å². The van der Waals surface area contributed by atoms with E-state index in [2.05, 4.69) is 23.7 Å². The number of rotatable bonds is 4. The summed E-state index contributed by atoms with van der Waals surface area (Å²) >= 11 is 0. The Balaban J connectivity index is 1.99. The number of aromatic hydroxyl groups is 1. The molecule has 0 aliphatic carbocycles. The predicted molar refractivity (Wildman–Crippen MR) is 73.7 cm³/mol. The van der Waals surface area contributed by atoms with Crippen molar-refractivity contribution in [3.63, 3.8) is 0 Å². The first-order chi connectivity index (χ1) is 8.55. The quantitative estimate of drug-likeness (QED) is 0.852. The Kier molecular flexibility index (Phi) is 3.45. The molecule has 2 rings (SSSR count). The van der Waals surface area contributed by atoms with Gasteiger partial charge in [0.2, 0.25) is 0 Å². The van der Waals surface area contributed by atoms with E-state index in [0.29, 0.717) is 11.7 Å². The van der Waals surface area contributed by atoms with Gasteiger partial charge in [-0.2, -0.15) is 0 Å². The van der Waals surface area contributed by atoms with Crippen molar-refractivity contribution in [2.75, 3.05) is 13.1 Å². The van der Waals surface area contributed by atoms with Crippen molar-refractivity contribution in [3.8, 4) is 5.75 Å². The van der Waals surface area contributed by atoms with Crippen LogP contribution in [0.1, 0.15) is 25.8 Å². The van der Waals surface area contributed by atoms with E-state index >= 15 is 0 Å². The molecule has 0 saturated carbocycles. The highest BCUT2D eigenvalue weighted by molar-refractivity contribution is 5.80. The lowest BCUT2D eigenvalue weighted by Crippen LogP contribution is -2.49. The van der Waals surface area contributed by atoms with Crippen LogP contribution >= 0.6 is 0 Å². The molecule has 1 aromatic rings. The van der Waals surface area contributed by atoms with Crippen LogP contribution < -0.4 is 5.73 Å². The SMILES string of the molecule is CCN1C(N)=NCC1(C)CCc1ccc(O)cc1. The molecule has 1 unspecified atom stereocenters. The number of phenolic OH excluding ortho intramolecular Hbond substituents is 1. The van der Waals surface area contributed by atoms with E-state index in [1.807, 2.05) is 12.1 Å². The van der Waals surface area contributed by atoms with Gasteiger partial charge in [0.1, 0.15) is 5.75 Å². The van der Waals surface area contributed by atoms with Crippen LogP contribution in [0.15, 0.2) is 29.3 Å². The van der Waals surface area contributed by atoms with E-state index < -0.39 is 0 Å². The van der Waals surface area contributed by atoms with Crippen LogP contribution in [0.3, 0.4) is 0 Å². The molecule has 4 nitrogen and oxygen atoms in total. The highest BCUT2D eigenvalue weighted by atomic mass is 16.3. The molecule has 1 atom stereocenters. The van der Waals surface area contributed by atoms with Crippen molar-refractivity contribution in [2.24, 2.45) is 10.7 Å². The van der Waals surface area contributed by atoms with Crippen molar-refractivity contribution in [2.45, 2.75) is 32.2 Å². The zero-order chi connectivity index (χ0) is 13.2. The molecule has 3 N–H and O–H groups in total. The Morgan fingerprint density at radius 3 is 2.67 bits per heavy atom. The van der Waals surface area contributed by atoms with Gasteiger partial charge in [0.05, 0.1) is 12.1 Å². The van der Waals surface area contributed by atoms with Crippen LogP contribution in [0.2, 0.25) is 0 Å². The Bertz CT molecular complexity index is 441. The van der Waals surface area contributed by atoms with Crippen LogP contribution in [0.5, 0.6) is 5.75 Å². The summed E-state index contributed by atoms with van der Waals surface area (Å²) in [5.41, 5.74) is 7.15. The molecule has 0 bridgehead atoms. The second kappa shape index (κ2) is 4.88. The van der Waals surface area contributed by atoms with E-state index in [-0.39, 0.29) is 5.54 Å². The fourth-order valence-corrected chi connectivity index (χ4v) is 2.53. The van der Waals surface area contributed by atoms with Gasteiger partial charge in [-0.25, -0.2) is 0 Å². The summed E-state index contributed by atoms with van der Waals surface area (Å²) in [6.45, 7) is 5.97. The molecule has 0 spiro atoms. The lowest BCUT2D eigenvalue weighted by Gasteiger charge is -2.35. The molecule has 4 heteroatoms. The average molecular weight is 247 g/mol. The van der Waals surface area contributed by atoms with Crippen LogP contribution in [-0.2, 0) is 6.42 Å². The van der Waals surface area contributed by atoms with Gasteiger partial charge in [0, 0.05) is 6.54 Å². The molecule has 0 amide bonds. The number of hydrogen-bond donors (Lipinski definition) is 2. The maximum Gasteiger partial charge on any atom is 0.191 e. The Morgan fingerprint density at radius 2 is 2.06 bits per heavy atom. The highest BCUT2D eigenvalue weighted by Crippen LogP contribution is 2.26. The number of hydrogen-bond acceptors (Lipinski definition) is 4. The van der Waals surface area contributed by atoms with Gasteiger partial charge in [-0.1, -0.05) is 12.1 Å². The van der Waals surface area contributed by atoms with Crippen molar-refractivity contribution >= 4 is 5.96 Å². The normalized spacial score (nSPS) is 23.2. The molecular weight excluding hydrogens is 226 g/mol. The van der Waals surface area contributed by atoms with E-state index in [1.165, 1.54) is 5.56 Å². The summed E-state index contributed by atoms with van der Waals surface area (Å²) in [5, 5.41) is 9.26. The minimum absolute atomic E-state index is 0.0245. The molecular formula is C14H21N3O. The van der Waals surface area contributed by atoms with Crippen molar-refractivity contribution < 1.29 is 5.11 Å². The van der Waals surface area contributed by atoms with E-state index in [9.17, 15) is 5.11 Å². The summed E-state index contributed by atoms with van der Waals surface area (Å²) < 4.78 is 0. The number of aryl methyl sites for hydroxylation is 1. The third-order valence-electron chi connectivity index (χ3n) is 3.71. The topological polar surface area (TPSA) is 61.8 Å². The number of nitrogens with zero attached hydrogens (tertiary/aromatic N) is 2. The van der Waals surface area contributed by atoms with Crippen molar-refractivity contribution in [1.29, 1.82) is 0 Å². The third-order valence-corrected chi connectivity index (χ3v) is 3.71. The average Bonchev–Trinajstić information content (AvgIpc) is 2.65. The minimum atomic E-state index is 0.0245. The van der Waals surface area contributed by atoms with Crippen molar-refractivity contribution in [1.82, 2.24) is 4.90 Å². The molecule has 98 valence electrons. The van der Waals surface area contributed by atoms with Gasteiger partial charge < -0.3 is 15.7 Å². The molecule has 1 aliphatic rings. The summed E-state index contributed by atoms with van der Waals surface area (Å²) in [6, 6.07) is 7.39. The lowest BCUT2D eigenvalue weighted by atomic mass is 9.92. The van der Waals surface area contributed by atoms with E-state index in [1.54, 1.807) is 12.1 Å². The number of phenols is 1. The Hall–Kier alpha value is -1.71. The maximum atomic E-state index is 9.26. The molecule has 0 radical (unpaired) electrons. The van der Waals surface area contributed by atoms with Crippen LogP contribution in [0.25, 0.3) is 0 Å². The van der Waals surface area contributed by atoms with Gasteiger partial charge in [-0.05, 0) is 44.4 Å². The fourth-order valence-electron chi connectivity index (χ4n) is 2.53. The van der Waals surface area contributed by atoms with Crippen LogP contribution in [-0.4, -0.2) is 34.6 Å². The highest BCUT2D eigenvalue weighted by Gasteiger charge is 2.36. The molecule has 1 aliphatic heterocycles. The second-order valence-corrected chi connectivity index (χ2v) is 5.08. The van der Waals surface area contributed by atoms with Crippen LogP contribution in [0, 0.1) is 0 Å². The fraction of sp³-hybridized carbons (Fsp3) is 0.500. The number of nitrogens with two attached hydrogens (primary N) is 1. The molecule has 0 fully saturated rings. The van der Waals surface area contributed by atoms with E-state index in [0.717, 1.165) is 25.9 Å². The van der Waals surface area contributed by atoms with Gasteiger partial charge in [0.25, 0.3) is 0 Å². The van der Waals surface area contributed by atoms with E-state index in [4.69, 9.17) is 5.73 Å². The molecule has 0 aromatic heterocycles. The first-order valence-corrected chi connectivity index (χ1v) is 6.40. The maximum absolute atomic E-state index is 9.26. The predicted octanol–water partition coefficient (Wildman–Crippen LogP) is 1.73. The Morgan fingerprint density at radius 1 is 1.39 bits per heavy atom. The number of benzene rings is 1. The minimum Gasteiger partial charge on any atom is -0.508 e. The second-order valence-electron chi connectivity index (χ2n) is 5.08. The standard InChI is InChI=1S/C14H21N3O/c1-3-17-13(15)16-10-14(17,2)9-8-11-4-6-12(18)7-5-11/h4-7,18H,3,8-10H2,1-2H3,(H2,15,16). The van der Waals surface area contributed by atoms with Gasteiger partial charge in [-0.3, -0.25) is 4.99 Å². The van der Waals surface area contributed by atoms with Gasteiger partial charge in [-0.15, -0.1) is 0 Å². The monoisotopic (exact) mass is 247 g/mol. The molecule has 1 aromatic carbocycles. The summed E-state index contributed by atoms with van der Waals surface area (Å²) in [5.74, 6) is 0.972. The zero-order valence-corrected chi connectivity index (χ0v) is 11.1. The molecule has 18 heavy (non-hydrogen) atoms. The summed E-state index contributed by atoms with van der Waals surface area (Å²) in [6.07, 6.45) is 1.98. The Labute approximate surface area is 108 Å². The van der Waals surface area contributed by atoms with Crippen LogP contribution in [0.4, 0.5) is 0 Å². The van der Waals surface area contributed by atoms with Gasteiger partial charge >= 0.3 is 0 Å².